The SMILES string of the molecule is CC(C)(NC(=O)C1CCN(S(C)(=O)=O)CC1)c1nccs1. The Morgan fingerprint density at radius 2 is 2.05 bits per heavy atom. The zero-order valence-electron chi connectivity index (χ0n) is 12.5. The molecule has 1 N–H and O–H groups in total. The number of thiazole rings is 1. The number of nitrogens with zero attached hydrogens (tertiary/aromatic N) is 2. The van der Waals surface area contributed by atoms with Crippen LogP contribution >= 0.6 is 11.3 Å². The third-order valence-corrected chi connectivity index (χ3v) is 6.10. The third kappa shape index (κ3) is 4.02. The van der Waals surface area contributed by atoms with E-state index in [0.29, 0.717) is 25.9 Å². The van der Waals surface area contributed by atoms with Gasteiger partial charge in [-0.3, -0.25) is 4.79 Å². The summed E-state index contributed by atoms with van der Waals surface area (Å²) >= 11 is 1.51. The maximum Gasteiger partial charge on any atom is 0.223 e. The summed E-state index contributed by atoms with van der Waals surface area (Å²) in [6, 6.07) is 0. The molecule has 1 aliphatic rings. The highest BCUT2D eigenvalue weighted by molar-refractivity contribution is 7.88. The van der Waals surface area contributed by atoms with Gasteiger partial charge in [0.1, 0.15) is 5.01 Å². The van der Waals surface area contributed by atoms with E-state index < -0.39 is 15.6 Å². The summed E-state index contributed by atoms with van der Waals surface area (Å²) in [6.45, 7) is 4.67. The van der Waals surface area contributed by atoms with Crippen molar-refractivity contribution in [2.45, 2.75) is 32.2 Å². The maximum absolute atomic E-state index is 12.4. The lowest BCUT2D eigenvalue weighted by atomic mass is 9.95. The van der Waals surface area contributed by atoms with E-state index in [1.165, 1.54) is 21.9 Å². The molecule has 0 unspecified atom stereocenters. The second-order valence-corrected chi connectivity index (χ2v) is 8.76. The first-order chi connectivity index (χ1) is 9.70. The number of sulfonamides is 1. The van der Waals surface area contributed by atoms with Crippen molar-refractivity contribution in [3.8, 4) is 0 Å². The number of hydrogen-bond acceptors (Lipinski definition) is 5. The second kappa shape index (κ2) is 6.02. The van der Waals surface area contributed by atoms with Crippen LogP contribution in [0, 0.1) is 5.92 Å². The number of nitrogens with one attached hydrogen (secondary N) is 1. The molecular weight excluding hydrogens is 310 g/mol. The maximum atomic E-state index is 12.4. The van der Waals surface area contributed by atoms with Gasteiger partial charge in [-0.05, 0) is 26.7 Å². The first kappa shape index (κ1) is 16.4. The van der Waals surface area contributed by atoms with Crippen LogP contribution in [-0.2, 0) is 20.4 Å². The summed E-state index contributed by atoms with van der Waals surface area (Å²) in [6.07, 6.45) is 4.05. The Labute approximate surface area is 129 Å². The summed E-state index contributed by atoms with van der Waals surface area (Å²) in [5.74, 6) is -0.161. The van der Waals surface area contributed by atoms with Gasteiger partial charge in [0, 0.05) is 30.6 Å². The fraction of sp³-hybridized carbons (Fsp3) is 0.692. The van der Waals surface area contributed by atoms with Gasteiger partial charge in [0.25, 0.3) is 0 Å². The molecule has 21 heavy (non-hydrogen) atoms. The van der Waals surface area contributed by atoms with Crippen LogP contribution in [0.5, 0.6) is 0 Å². The van der Waals surface area contributed by atoms with E-state index in [4.69, 9.17) is 0 Å². The minimum atomic E-state index is -3.15. The zero-order valence-corrected chi connectivity index (χ0v) is 14.1. The van der Waals surface area contributed by atoms with Crippen molar-refractivity contribution < 1.29 is 13.2 Å². The van der Waals surface area contributed by atoms with Gasteiger partial charge in [-0.1, -0.05) is 0 Å². The van der Waals surface area contributed by atoms with Gasteiger partial charge in [-0.2, -0.15) is 0 Å². The van der Waals surface area contributed by atoms with Crippen LogP contribution in [0.2, 0.25) is 0 Å². The second-order valence-electron chi connectivity index (χ2n) is 5.89. The Kier molecular flexibility index (Phi) is 4.69. The molecule has 1 fully saturated rings. The molecule has 0 radical (unpaired) electrons. The van der Waals surface area contributed by atoms with Crippen LogP contribution in [0.4, 0.5) is 0 Å². The number of aromatic nitrogens is 1. The first-order valence-corrected chi connectivity index (χ1v) is 9.60. The third-order valence-electron chi connectivity index (χ3n) is 3.70. The quantitative estimate of drug-likeness (QED) is 0.898. The van der Waals surface area contributed by atoms with Crippen LogP contribution in [-0.4, -0.2) is 43.0 Å². The molecule has 0 atom stereocenters. The molecule has 0 spiro atoms. The van der Waals surface area contributed by atoms with Crippen molar-refractivity contribution in [3.05, 3.63) is 16.6 Å². The summed E-state index contributed by atoms with van der Waals surface area (Å²) < 4.78 is 24.4. The Balaban J connectivity index is 1.94. The highest BCUT2D eigenvalue weighted by Gasteiger charge is 2.32. The number of carbonyl (C=O) groups excluding carboxylic acids is 1. The predicted octanol–water partition coefficient (Wildman–Crippen LogP) is 1.17. The van der Waals surface area contributed by atoms with Crippen molar-refractivity contribution in [3.63, 3.8) is 0 Å². The molecule has 0 aromatic carbocycles. The number of amides is 1. The van der Waals surface area contributed by atoms with Gasteiger partial charge in [-0.15, -0.1) is 11.3 Å². The summed E-state index contributed by atoms with van der Waals surface area (Å²) in [4.78, 5) is 16.6. The smallest absolute Gasteiger partial charge is 0.223 e. The van der Waals surface area contributed by atoms with E-state index in [-0.39, 0.29) is 11.8 Å². The number of piperidine rings is 1. The molecule has 1 aromatic heterocycles. The van der Waals surface area contributed by atoms with Gasteiger partial charge >= 0.3 is 0 Å². The standard InChI is InChI=1S/C13H21N3O3S2/c1-13(2,12-14-6-9-20-12)15-11(17)10-4-7-16(8-5-10)21(3,18)19/h6,9-10H,4-5,7-8H2,1-3H3,(H,15,17). The van der Waals surface area contributed by atoms with E-state index in [0.717, 1.165) is 5.01 Å². The molecule has 2 heterocycles. The van der Waals surface area contributed by atoms with E-state index in [2.05, 4.69) is 10.3 Å². The average Bonchev–Trinajstić information content (AvgIpc) is 2.92. The molecule has 1 saturated heterocycles. The zero-order chi connectivity index (χ0) is 15.7. The Morgan fingerprint density at radius 3 is 2.52 bits per heavy atom. The largest absolute Gasteiger partial charge is 0.344 e. The molecule has 0 saturated carbocycles. The van der Waals surface area contributed by atoms with E-state index in [9.17, 15) is 13.2 Å². The van der Waals surface area contributed by atoms with Gasteiger partial charge in [0.2, 0.25) is 15.9 Å². The van der Waals surface area contributed by atoms with Crippen molar-refractivity contribution in [1.82, 2.24) is 14.6 Å². The van der Waals surface area contributed by atoms with E-state index in [1.807, 2.05) is 19.2 Å². The van der Waals surface area contributed by atoms with Crippen molar-refractivity contribution in [2.24, 2.45) is 5.92 Å². The van der Waals surface area contributed by atoms with Gasteiger partial charge < -0.3 is 5.32 Å². The van der Waals surface area contributed by atoms with Crippen LogP contribution in [0.25, 0.3) is 0 Å². The topological polar surface area (TPSA) is 79.4 Å². The molecule has 0 bridgehead atoms. The lowest BCUT2D eigenvalue weighted by molar-refractivity contribution is -0.127. The minimum Gasteiger partial charge on any atom is -0.344 e. The van der Waals surface area contributed by atoms with Crippen molar-refractivity contribution in [1.29, 1.82) is 0 Å². The van der Waals surface area contributed by atoms with Crippen molar-refractivity contribution in [2.75, 3.05) is 19.3 Å². The molecule has 8 heteroatoms. The summed E-state index contributed by atoms with van der Waals surface area (Å²) in [7, 11) is -3.15. The van der Waals surface area contributed by atoms with E-state index in [1.54, 1.807) is 6.20 Å². The Bertz CT molecular complexity index is 588. The number of hydrogen-bond donors (Lipinski definition) is 1. The molecule has 118 valence electrons. The van der Waals surface area contributed by atoms with Crippen LogP contribution in [0.1, 0.15) is 31.7 Å². The fourth-order valence-electron chi connectivity index (χ4n) is 2.45. The molecular formula is C13H21N3O3S2. The normalized spacial score (nSPS) is 18.6. The van der Waals surface area contributed by atoms with Crippen LogP contribution < -0.4 is 5.32 Å². The van der Waals surface area contributed by atoms with Crippen LogP contribution in [0.15, 0.2) is 11.6 Å². The Morgan fingerprint density at radius 1 is 1.43 bits per heavy atom. The van der Waals surface area contributed by atoms with Crippen LogP contribution in [0.3, 0.4) is 0 Å². The molecule has 0 aliphatic carbocycles. The molecule has 2 rings (SSSR count). The van der Waals surface area contributed by atoms with E-state index >= 15 is 0 Å². The van der Waals surface area contributed by atoms with Gasteiger partial charge in [0.05, 0.1) is 11.8 Å². The first-order valence-electron chi connectivity index (χ1n) is 6.87. The molecule has 1 aliphatic heterocycles. The highest BCUT2D eigenvalue weighted by atomic mass is 32.2. The molecule has 1 aromatic rings. The summed E-state index contributed by atoms with van der Waals surface area (Å²) in [5.41, 5.74) is -0.501. The molecule has 1 amide bonds. The molecule has 6 nitrogen and oxygen atoms in total. The minimum absolute atomic E-state index is 0.0247. The van der Waals surface area contributed by atoms with Gasteiger partial charge in [-0.25, -0.2) is 17.7 Å². The lowest BCUT2D eigenvalue weighted by Crippen LogP contribution is -2.47. The predicted molar refractivity (Wildman–Crippen MR) is 82.4 cm³/mol. The lowest BCUT2D eigenvalue weighted by Gasteiger charge is -2.32. The summed E-state index contributed by atoms with van der Waals surface area (Å²) in [5, 5.41) is 5.77. The highest BCUT2D eigenvalue weighted by Crippen LogP contribution is 2.25. The monoisotopic (exact) mass is 331 g/mol. The van der Waals surface area contributed by atoms with Gasteiger partial charge in [0.15, 0.2) is 0 Å². The Hall–Kier alpha value is -0.990. The average molecular weight is 331 g/mol. The number of rotatable bonds is 4. The number of carbonyl (C=O) groups is 1. The fourth-order valence-corrected chi connectivity index (χ4v) is 4.04. The van der Waals surface area contributed by atoms with Crippen molar-refractivity contribution >= 4 is 27.3 Å².